The zero-order valence-corrected chi connectivity index (χ0v) is 15.1. The minimum absolute atomic E-state index is 0.0501. The minimum Gasteiger partial charge on any atom is -0.360 e. The number of carbonyl (C=O) groups excluding carboxylic acids is 1. The first kappa shape index (κ1) is 16.8. The third-order valence-electron chi connectivity index (χ3n) is 4.76. The smallest absolute Gasteiger partial charge is 0.257 e. The molecule has 0 aliphatic heterocycles. The van der Waals surface area contributed by atoms with Crippen LogP contribution in [-0.2, 0) is 19.3 Å². The summed E-state index contributed by atoms with van der Waals surface area (Å²) in [7, 11) is 0. The number of hydrogen-bond acceptors (Lipinski definition) is 4. The predicted molar refractivity (Wildman–Crippen MR) is 98.2 cm³/mol. The van der Waals surface area contributed by atoms with Gasteiger partial charge in [-0.15, -0.1) is 0 Å². The molecule has 26 heavy (non-hydrogen) atoms. The Morgan fingerprint density at radius 2 is 2.27 bits per heavy atom. The van der Waals surface area contributed by atoms with Crippen LogP contribution in [0.1, 0.15) is 40.9 Å². The number of halogens is 1. The number of aromatic amines is 1. The van der Waals surface area contributed by atoms with Crippen LogP contribution in [0.15, 0.2) is 35.1 Å². The second kappa shape index (κ2) is 6.96. The molecule has 1 aliphatic carbocycles. The highest BCUT2D eigenvalue weighted by atomic mass is 35.5. The number of aryl methyl sites for hydroxylation is 2. The van der Waals surface area contributed by atoms with Crippen LogP contribution in [0, 0.1) is 0 Å². The molecule has 0 fully saturated rings. The number of aromatic nitrogens is 3. The second-order valence-corrected chi connectivity index (χ2v) is 6.81. The van der Waals surface area contributed by atoms with Gasteiger partial charge in [0, 0.05) is 30.1 Å². The van der Waals surface area contributed by atoms with Gasteiger partial charge >= 0.3 is 0 Å². The number of rotatable bonds is 4. The third-order valence-corrected chi connectivity index (χ3v) is 5.09. The van der Waals surface area contributed by atoms with Gasteiger partial charge < -0.3 is 14.8 Å². The Hall–Kier alpha value is -2.60. The summed E-state index contributed by atoms with van der Waals surface area (Å²) in [6.07, 6.45) is 4.74. The molecular formula is C19H19ClN4O2. The lowest BCUT2D eigenvalue weighted by molar-refractivity contribution is 0.0932. The average molecular weight is 371 g/mol. The Morgan fingerprint density at radius 3 is 3.08 bits per heavy atom. The molecule has 1 atom stereocenters. The Morgan fingerprint density at radius 1 is 1.42 bits per heavy atom. The summed E-state index contributed by atoms with van der Waals surface area (Å²) < 4.78 is 5.42. The van der Waals surface area contributed by atoms with Gasteiger partial charge in [0.15, 0.2) is 0 Å². The van der Waals surface area contributed by atoms with Gasteiger partial charge in [-0.05, 0) is 18.9 Å². The van der Waals surface area contributed by atoms with Crippen LogP contribution < -0.4 is 5.32 Å². The molecule has 1 amide bonds. The van der Waals surface area contributed by atoms with Gasteiger partial charge in [0.25, 0.3) is 5.91 Å². The van der Waals surface area contributed by atoms with Crippen molar-refractivity contribution in [3.63, 3.8) is 0 Å². The van der Waals surface area contributed by atoms with Crippen molar-refractivity contribution in [3.8, 4) is 11.3 Å². The van der Waals surface area contributed by atoms with Crippen LogP contribution in [0.3, 0.4) is 0 Å². The number of amides is 1. The number of carbonyl (C=O) groups is 1. The number of H-pyrrole nitrogens is 1. The van der Waals surface area contributed by atoms with E-state index in [4.69, 9.17) is 16.1 Å². The van der Waals surface area contributed by atoms with Crippen LogP contribution in [0.2, 0.25) is 5.02 Å². The van der Waals surface area contributed by atoms with Gasteiger partial charge in [0.05, 0.1) is 17.0 Å². The summed E-state index contributed by atoms with van der Waals surface area (Å²) in [6, 6.07) is 7.38. The first-order valence-electron chi connectivity index (χ1n) is 8.72. The van der Waals surface area contributed by atoms with E-state index in [2.05, 4.69) is 20.4 Å². The summed E-state index contributed by atoms with van der Waals surface area (Å²) in [5, 5.41) is 7.79. The molecule has 0 saturated carbocycles. The monoisotopic (exact) mass is 370 g/mol. The number of nitrogens with zero attached hydrogens (tertiary/aromatic N) is 2. The van der Waals surface area contributed by atoms with E-state index in [1.54, 1.807) is 12.4 Å². The van der Waals surface area contributed by atoms with Gasteiger partial charge in [-0.2, -0.15) is 0 Å². The molecule has 6 nitrogen and oxygen atoms in total. The van der Waals surface area contributed by atoms with Gasteiger partial charge in [-0.25, -0.2) is 4.98 Å². The molecule has 2 N–H and O–H groups in total. The molecule has 0 saturated heterocycles. The highest BCUT2D eigenvalue weighted by molar-refractivity contribution is 6.33. The number of fused-ring (bicyclic) bond motifs is 1. The first-order valence-corrected chi connectivity index (χ1v) is 9.10. The Bertz CT molecular complexity index is 947. The van der Waals surface area contributed by atoms with Gasteiger partial charge in [-0.3, -0.25) is 4.79 Å². The van der Waals surface area contributed by atoms with Crippen molar-refractivity contribution in [1.29, 1.82) is 0 Å². The SMILES string of the molecule is CCc1onc(-c2ccccc2Cl)c1C(=O)NC1CCc2nc[nH]c2C1. The van der Waals surface area contributed by atoms with Crippen LogP contribution in [0.4, 0.5) is 0 Å². The molecule has 1 aliphatic rings. The van der Waals surface area contributed by atoms with Crippen molar-refractivity contribution < 1.29 is 9.32 Å². The van der Waals surface area contributed by atoms with Crippen LogP contribution in [0.25, 0.3) is 11.3 Å². The van der Waals surface area contributed by atoms with E-state index in [-0.39, 0.29) is 11.9 Å². The summed E-state index contributed by atoms with van der Waals surface area (Å²) in [4.78, 5) is 20.5. The molecule has 0 radical (unpaired) electrons. The number of imidazole rings is 1. The molecule has 0 bridgehead atoms. The standard InChI is InChI=1S/C19H19ClN4O2/c1-2-16-17(18(24-26-16)12-5-3-4-6-13(12)20)19(25)23-11-7-8-14-15(9-11)22-10-21-14/h3-6,10-11H,2,7-9H2,1H3,(H,21,22)(H,23,25). The summed E-state index contributed by atoms with van der Waals surface area (Å²) in [5.41, 5.74) is 3.83. The maximum atomic E-state index is 13.0. The second-order valence-electron chi connectivity index (χ2n) is 6.40. The Labute approximate surface area is 156 Å². The minimum atomic E-state index is -0.175. The normalized spacial score (nSPS) is 16.3. The van der Waals surface area contributed by atoms with E-state index in [0.29, 0.717) is 34.0 Å². The highest BCUT2D eigenvalue weighted by Gasteiger charge is 2.28. The van der Waals surface area contributed by atoms with Crippen molar-refractivity contribution in [2.45, 2.75) is 38.6 Å². The predicted octanol–water partition coefficient (Wildman–Crippen LogP) is 3.57. The zero-order valence-electron chi connectivity index (χ0n) is 14.4. The Balaban J connectivity index is 1.62. The summed E-state index contributed by atoms with van der Waals surface area (Å²) in [5.74, 6) is 0.390. The molecule has 7 heteroatoms. The maximum Gasteiger partial charge on any atom is 0.257 e. The van der Waals surface area contributed by atoms with Crippen molar-refractivity contribution >= 4 is 17.5 Å². The van der Waals surface area contributed by atoms with Crippen molar-refractivity contribution in [2.75, 3.05) is 0 Å². The molecule has 4 rings (SSSR count). The molecule has 1 aromatic carbocycles. The van der Waals surface area contributed by atoms with Crippen molar-refractivity contribution in [2.24, 2.45) is 0 Å². The van der Waals surface area contributed by atoms with Gasteiger partial charge in [0.1, 0.15) is 17.0 Å². The summed E-state index contributed by atoms with van der Waals surface area (Å²) in [6.45, 7) is 1.94. The van der Waals surface area contributed by atoms with Crippen molar-refractivity contribution in [1.82, 2.24) is 20.4 Å². The van der Waals surface area contributed by atoms with E-state index >= 15 is 0 Å². The summed E-state index contributed by atoms with van der Waals surface area (Å²) >= 11 is 6.30. The average Bonchev–Trinajstić information content (AvgIpc) is 3.28. The van der Waals surface area contributed by atoms with Crippen LogP contribution in [-0.4, -0.2) is 27.1 Å². The molecule has 2 heterocycles. The third kappa shape index (κ3) is 3.01. The molecule has 0 spiro atoms. The zero-order chi connectivity index (χ0) is 18.1. The fourth-order valence-corrected chi connectivity index (χ4v) is 3.64. The quantitative estimate of drug-likeness (QED) is 0.735. The number of hydrogen-bond donors (Lipinski definition) is 2. The molecule has 134 valence electrons. The molecule has 2 aromatic heterocycles. The largest absolute Gasteiger partial charge is 0.360 e. The molecular weight excluding hydrogens is 352 g/mol. The van der Waals surface area contributed by atoms with E-state index in [0.717, 1.165) is 30.7 Å². The molecule has 3 aromatic rings. The fraction of sp³-hybridized carbons (Fsp3) is 0.316. The van der Waals surface area contributed by atoms with Crippen LogP contribution >= 0.6 is 11.6 Å². The van der Waals surface area contributed by atoms with Crippen molar-refractivity contribution in [3.05, 3.63) is 58.3 Å². The lowest BCUT2D eigenvalue weighted by Gasteiger charge is -2.22. The lowest BCUT2D eigenvalue weighted by atomic mass is 9.95. The first-order chi connectivity index (χ1) is 12.7. The fourth-order valence-electron chi connectivity index (χ4n) is 3.42. The lowest BCUT2D eigenvalue weighted by Crippen LogP contribution is -2.39. The maximum absolute atomic E-state index is 13.0. The van der Waals surface area contributed by atoms with Crippen LogP contribution in [0.5, 0.6) is 0 Å². The molecule has 1 unspecified atom stereocenters. The van der Waals surface area contributed by atoms with E-state index < -0.39 is 0 Å². The Kier molecular flexibility index (Phi) is 4.51. The van der Waals surface area contributed by atoms with E-state index in [1.807, 2.05) is 25.1 Å². The van der Waals surface area contributed by atoms with E-state index in [9.17, 15) is 4.79 Å². The highest BCUT2D eigenvalue weighted by Crippen LogP contribution is 2.31. The van der Waals surface area contributed by atoms with Gasteiger partial charge in [0.2, 0.25) is 0 Å². The topological polar surface area (TPSA) is 83.8 Å². The van der Waals surface area contributed by atoms with Gasteiger partial charge in [-0.1, -0.05) is 41.9 Å². The number of benzene rings is 1. The van der Waals surface area contributed by atoms with E-state index in [1.165, 1.54) is 0 Å². The number of nitrogens with one attached hydrogen (secondary N) is 2.